The number of rotatable bonds is 4. The third-order valence-corrected chi connectivity index (χ3v) is 5.98. The van der Waals surface area contributed by atoms with E-state index in [0.29, 0.717) is 11.8 Å². The van der Waals surface area contributed by atoms with Gasteiger partial charge in [0.25, 0.3) is 0 Å². The normalized spacial score (nSPS) is 23.5. The number of benzene rings is 2. The van der Waals surface area contributed by atoms with Gasteiger partial charge in [-0.3, -0.25) is 4.79 Å². The zero-order valence-electron chi connectivity index (χ0n) is 16.4. The highest BCUT2D eigenvalue weighted by atomic mass is 16.5. The Kier molecular flexibility index (Phi) is 5.23. The van der Waals surface area contributed by atoms with E-state index >= 15 is 0 Å². The second-order valence-corrected chi connectivity index (χ2v) is 8.05. The van der Waals surface area contributed by atoms with Crippen LogP contribution in [-0.4, -0.2) is 16.2 Å². The summed E-state index contributed by atoms with van der Waals surface area (Å²) in [7, 11) is 0. The number of aromatic nitrogens is 1. The largest absolute Gasteiger partial charge is 0.486 e. The Hall–Kier alpha value is -2.59. The SMILES string of the molecule is CC(Oc1cccc(C2CC(O)CCC2C)c1)c1ccc2[nH]c(=O)ccc2c1. The van der Waals surface area contributed by atoms with Crippen LogP contribution in [0.25, 0.3) is 10.9 Å². The third kappa shape index (κ3) is 3.97. The van der Waals surface area contributed by atoms with Gasteiger partial charge in [0.1, 0.15) is 11.9 Å². The van der Waals surface area contributed by atoms with Crippen molar-refractivity contribution in [3.05, 3.63) is 76.1 Å². The van der Waals surface area contributed by atoms with Crippen LogP contribution >= 0.6 is 0 Å². The second kappa shape index (κ2) is 7.80. The molecule has 2 aromatic carbocycles. The first-order valence-corrected chi connectivity index (χ1v) is 10.1. The molecule has 2 N–H and O–H groups in total. The first-order chi connectivity index (χ1) is 13.5. The summed E-state index contributed by atoms with van der Waals surface area (Å²) in [6, 6.07) is 17.6. The lowest BCUT2D eigenvalue weighted by Gasteiger charge is -2.32. The number of H-pyrrole nitrogens is 1. The molecule has 0 bridgehead atoms. The first-order valence-electron chi connectivity index (χ1n) is 10.1. The molecule has 146 valence electrons. The molecule has 4 atom stereocenters. The predicted molar refractivity (Wildman–Crippen MR) is 112 cm³/mol. The summed E-state index contributed by atoms with van der Waals surface area (Å²) >= 11 is 0. The number of hydrogen-bond acceptors (Lipinski definition) is 3. The summed E-state index contributed by atoms with van der Waals surface area (Å²) in [5, 5.41) is 11.1. The van der Waals surface area contributed by atoms with E-state index < -0.39 is 0 Å². The van der Waals surface area contributed by atoms with Gasteiger partial charge in [0, 0.05) is 11.6 Å². The molecule has 4 nitrogen and oxygen atoms in total. The summed E-state index contributed by atoms with van der Waals surface area (Å²) in [4.78, 5) is 14.3. The Bertz CT molecular complexity index is 1030. The molecule has 0 spiro atoms. The van der Waals surface area contributed by atoms with E-state index in [1.165, 1.54) is 5.56 Å². The van der Waals surface area contributed by atoms with Crippen LogP contribution < -0.4 is 10.3 Å². The van der Waals surface area contributed by atoms with Crippen LogP contribution in [-0.2, 0) is 0 Å². The van der Waals surface area contributed by atoms with Crippen LogP contribution in [0.2, 0.25) is 0 Å². The fraction of sp³-hybridized carbons (Fsp3) is 0.375. The van der Waals surface area contributed by atoms with Crippen LogP contribution in [0.1, 0.15) is 56.3 Å². The molecule has 28 heavy (non-hydrogen) atoms. The number of pyridine rings is 1. The van der Waals surface area contributed by atoms with Crippen LogP contribution in [0.4, 0.5) is 0 Å². The molecular formula is C24H27NO3. The lowest BCUT2D eigenvalue weighted by atomic mass is 9.75. The molecule has 4 rings (SSSR count). The quantitative estimate of drug-likeness (QED) is 0.677. The second-order valence-electron chi connectivity index (χ2n) is 8.05. The molecule has 1 fully saturated rings. The first kappa shape index (κ1) is 18.8. The fourth-order valence-corrected chi connectivity index (χ4v) is 4.28. The van der Waals surface area contributed by atoms with E-state index in [1.54, 1.807) is 6.07 Å². The molecule has 0 aliphatic heterocycles. The van der Waals surface area contributed by atoms with E-state index in [2.05, 4.69) is 30.1 Å². The predicted octanol–water partition coefficient (Wildman–Crippen LogP) is 4.93. The molecule has 1 aliphatic rings. The average molecular weight is 377 g/mol. The number of aromatic amines is 1. The van der Waals surface area contributed by atoms with Crippen molar-refractivity contribution in [3.8, 4) is 5.75 Å². The van der Waals surface area contributed by atoms with Crippen LogP contribution in [0.15, 0.2) is 59.4 Å². The summed E-state index contributed by atoms with van der Waals surface area (Å²) in [5.74, 6) is 1.79. The topological polar surface area (TPSA) is 62.3 Å². The zero-order valence-corrected chi connectivity index (χ0v) is 16.4. The molecule has 1 heterocycles. The number of fused-ring (bicyclic) bond motifs is 1. The fourth-order valence-electron chi connectivity index (χ4n) is 4.28. The molecular weight excluding hydrogens is 350 g/mol. The lowest BCUT2D eigenvalue weighted by molar-refractivity contribution is 0.0980. The summed E-state index contributed by atoms with van der Waals surface area (Å²) in [6.45, 7) is 4.30. The van der Waals surface area contributed by atoms with Gasteiger partial charge in [0.15, 0.2) is 0 Å². The van der Waals surface area contributed by atoms with E-state index in [0.717, 1.165) is 41.5 Å². The Morgan fingerprint density at radius 3 is 2.82 bits per heavy atom. The molecule has 4 heteroatoms. The number of hydrogen-bond donors (Lipinski definition) is 2. The number of nitrogens with one attached hydrogen (secondary N) is 1. The van der Waals surface area contributed by atoms with E-state index in [-0.39, 0.29) is 17.8 Å². The van der Waals surface area contributed by atoms with Gasteiger partial charge in [0.05, 0.1) is 6.10 Å². The Morgan fingerprint density at radius 1 is 1.11 bits per heavy atom. The van der Waals surface area contributed by atoms with Gasteiger partial charge in [-0.15, -0.1) is 0 Å². The molecule has 1 saturated carbocycles. The van der Waals surface area contributed by atoms with Crippen LogP contribution in [0.3, 0.4) is 0 Å². The minimum Gasteiger partial charge on any atom is -0.486 e. The van der Waals surface area contributed by atoms with Gasteiger partial charge in [-0.25, -0.2) is 0 Å². The molecule has 0 radical (unpaired) electrons. The number of ether oxygens (including phenoxy) is 1. The van der Waals surface area contributed by atoms with Gasteiger partial charge in [-0.05, 0) is 84.9 Å². The standard InChI is InChI=1S/C24H27NO3/c1-15-6-9-20(26)14-22(15)18-4-3-5-21(13-18)28-16(2)17-7-10-23-19(12-17)8-11-24(27)25-23/h3-5,7-8,10-13,15-16,20,22,26H,6,9,14H2,1-2H3,(H,25,27). The molecule has 3 aromatic rings. The molecule has 4 unspecified atom stereocenters. The monoisotopic (exact) mass is 377 g/mol. The number of aliphatic hydroxyl groups excluding tert-OH is 1. The van der Waals surface area contributed by atoms with E-state index in [1.807, 2.05) is 37.3 Å². The van der Waals surface area contributed by atoms with Gasteiger partial charge >= 0.3 is 0 Å². The minimum atomic E-state index is -0.200. The highest BCUT2D eigenvalue weighted by molar-refractivity contribution is 5.79. The van der Waals surface area contributed by atoms with Crippen molar-refractivity contribution in [2.24, 2.45) is 5.92 Å². The van der Waals surface area contributed by atoms with E-state index in [4.69, 9.17) is 4.74 Å². The van der Waals surface area contributed by atoms with Gasteiger partial charge in [0.2, 0.25) is 5.56 Å². The maximum atomic E-state index is 11.5. The summed E-state index contributed by atoms with van der Waals surface area (Å²) in [5.41, 5.74) is 3.04. The summed E-state index contributed by atoms with van der Waals surface area (Å²) < 4.78 is 6.23. The van der Waals surface area contributed by atoms with Crippen LogP contribution in [0, 0.1) is 5.92 Å². The van der Waals surface area contributed by atoms with Gasteiger partial charge in [-0.1, -0.05) is 25.1 Å². The van der Waals surface area contributed by atoms with Gasteiger partial charge < -0.3 is 14.8 Å². The van der Waals surface area contributed by atoms with Gasteiger partial charge in [-0.2, -0.15) is 0 Å². The molecule has 0 saturated heterocycles. The molecule has 1 aliphatic carbocycles. The van der Waals surface area contributed by atoms with Crippen molar-refractivity contribution < 1.29 is 9.84 Å². The van der Waals surface area contributed by atoms with Crippen molar-refractivity contribution in [2.75, 3.05) is 0 Å². The average Bonchev–Trinajstić information content (AvgIpc) is 2.69. The Labute approximate surface area is 165 Å². The third-order valence-electron chi connectivity index (χ3n) is 5.98. The molecule has 1 aromatic heterocycles. The van der Waals surface area contributed by atoms with Crippen molar-refractivity contribution in [1.82, 2.24) is 4.98 Å². The maximum Gasteiger partial charge on any atom is 0.248 e. The van der Waals surface area contributed by atoms with Crippen LogP contribution in [0.5, 0.6) is 5.75 Å². The van der Waals surface area contributed by atoms with E-state index in [9.17, 15) is 9.90 Å². The van der Waals surface area contributed by atoms with Crippen molar-refractivity contribution in [3.63, 3.8) is 0 Å². The minimum absolute atomic E-state index is 0.0941. The Morgan fingerprint density at radius 2 is 1.96 bits per heavy atom. The number of aliphatic hydroxyl groups is 1. The van der Waals surface area contributed by atoms with Crippen molar-refractivity contribution in [1.29, 1.82) is 0 Å². The smallest absolute Gasteiger partial charge is 0.248 e. The highest BCUT2D eigenvalue weighted by Crippen LogP contribution is 2.39. The lowest BCUT2D eigenvalue weighted by Crippen LogP contribution is -2.24. The van der Waals surface area contributed by atoms with Crippen molar-refractivity contribution in [2.45, 2.75) is 51.2 Å². The Balaban J connectivity index is 1.54. The summed E-state index contributed by atoms with van der Waals surface area (Å²) in [6.07, 6.45) is 2.47. The molecule has 0 amide bonds. The van der Waals surface area contributed by atoms with Crippen molar-refractivity contribution >= 4 is 10.9 Å². The highest BCUT2D eigenvalue weighted by Gasteiger charge is 2.28. The maximum absolute atomic E-state index is 11.5. The zero-order chi connectivity index (χ0) is 19.7.